The van der Waals surface area contributed by atoms with Crippen LogP contribution in [0.1, 0.15) is 15.9 Å². The van der Waals surface area contributed by atoms with E-state index in [1.165, 1.54) is 12.1 Å². The number of halogens is 5. The number of carbonyl (C=O) groups is 1. The van der Waals surface area contributed by atoms with E-state index in [0.29, 0.717) is 0 Å². The predicted octanol–water partition coefficient (Wildman–Crippen LogP) is 4.75. The lowest BCUT2D eigenvalue weighted by Crippen LogP contribution is -2.07. The molecule has 2 aromatic rings. The van der Waals surface area contributed by atoms with Crippen molar-refractivity contribution in [2.75, 3.05) is 0 Å². The molecule has 0 aromatic heterocycles. The zero-order valence-corrected chi connectivity index (χ0v) is 11.5. The highest BCUT2D eigenvalue weighted by atomic mass is 79.9. The van der Waals surface area contributed by atoms with Gasteiger partial charge in [-0.3, -0.25) is 4.79 Å². The van der Waals surface area contributed by atoms with E-state index in [-0.39, 0.29) is 10.0 Å². The van der Waals surface area contributed by atoms with E-state index >= 15 is 0 Å². The van der Waals surface area contributed by atoms with Gasteiger partial charge in [0.25, 0.3) is 0 Å². The highest BCUT2D eigenvalue weighted by molar-refractivity contribution is 9.10. The summed E-state index contributed by atoms with van der Waals surface area (Å²) in [5.41, 5.74) is -0.726. The van der Waals surface area contributed by atoms with Crippen molar-refractivity contribution >= 4 is 33.3 Å². The van der Waals surface area contributed by atoms with Crippen molar-refractivity contribution in [3.05, 3.63) is 68.4 Å². The second kappa shape index (κ2) is 5.35. The van der Waals surface area contributed by atoms with Gasteiger partial charge in [0.1, 0.15) is 17.5 Å². The molecule has 0 aliphatic heterocycles. The predicted molar refractivity (Wildman–Crippen MR) is 68.9 cm³/mol. The van der Waals surface area contributed by atoms with Gasteiger partial charge in [0.2, 0.25) is 0 Å². The maximum Gasteiger partial charge on any atom is 0.197 e. The van der Waals surface area contributed by atoms with Gasteiger partial charge in [-0.05, 0) is 40.2 Å². The SMILES string of the molecule is O=C(c1cc(F)c(Br)cc1F)c1cccc(F)c1Cl. The van der Waals surface area contributed by atoms with Gasteiger partial charge in [0.05, 0.1) is 15.1 Å². The first kappa shape index (κ1) is 14.1. The normalized spacial score (nSPS) is 10.6. The van der Waals surface area contributed by atoms with Crippen LogP contribution in [0.2, 0.25) is 5.02 Å². The first-order valence-electron chi connectivity index (χ1n) is 5.05. The number of hydrogen-bond donors (Lipinski definition) is 0. The zero-order valence-electron chi connectivity index (χ0n) is 9.18. The van der Waals surface area contributed by atoms with Gasteiger partial charge in [-0.15, -0.1) is 0 Å². The quantitative estimate of drug-likeness (QED) is 0.565. The van der Waals surface area contributed by atoms with Gasteiger partial charge in [0.15, 0.2) is 5.78 Å². The first-order valence-corrected chi connectivity index (χ1v) is 6.22. The van der Waals surface area contributed by atoms with Crippen molar-refractivity contribution in [1.29, 1.82) is 0 Å². The summed E-state index contributed by atoms with van der Waals surface area (Å²) in [5, 5.41) is -0.421. The number of benzene rings is 2. The third kappa shape index (κ3) is 2.67. The Bertz CT molecular complexity index is 673. The highest BCUT2D eigenvalue weighted by Gasteiger charge is 2.20. The largest absolute Gasteiger partial charge is 0.288 e. The minimum Gasteiger partial charge on any atom is -0.288 e. The van der Waals surface area contributed by atoms with Crippen LogP contribution in [0.3, 0.4) is 0 Å². The van der Waals surface area contributed by atoms with Crippen molar-refractivity contribution in [2.24, 2.45) is 0 Å². The molecular weight excluding hydrogens is 344 g/mol. The third-order valence-corrected chi connectivity index (χ3v) is 3.44. The molecule has 0 saturated carbocycles. The van der Waals surface area contributed by atoms with Crippen LogP contribution >= 0.6 is 27.5 Å². The van der Waals surface area contributed by atoms with Crippen LogP contribution in [0.5, 0.6) is 0 Å². The van der Waals surface area contributed by atoms with Crippen LogP contribution < -0.4 is 0 Å². The number of ketones is 1. The number of hydrogen-bond acceptors (Lipinski definition) is 1. The summed E-state index contributed by atoms with van der Waals surface area (Å²) < 4.78 is 40.1. The van der Waals surface area contributed by atoms with Gasteiger partial charge < -0.3 is 0 Å². The monoisotopic (exact) mass is 348 g/mol. The molecule has 0 saturated heterocycles. The van der Waals surface area contributed by atoms with E-state index in [4.69, 9.17) is 11.6 Å². The minimum absolute atomic E-state index is 0.105. The Hall–Kier alpha value is -1.33. The molecule has 0 aliphatic rings. The lowest BCUT2D eigenvalue weighted by atomic mass is 10.0. The number of carbonyl (C=O) groups excluding carboxylic acids is 1. The summed E-state index contributed by atoms with van der Waals surface area (Å²) in [4.78, 5) is 12.0. The van der Waals surface area contributed by atoms with Crippen LogP contribution in [0, 0.1) is 17.5 Å². The molecule has 0 fully saturated rings. The Balaban J connectivity index is 2.56. The fourth-order valence-electron chi connectivity index (χ4n) is 1.52. The van der Waals surface area contributed by atoms with Crippen LogP contribution in [0.25, 0.3) is 0 Å². The zero-order chi connectivity index (χ0) is 14.2. The Kier molecular flexibility index (Phi) is 3.96. The molecule has 0 aliphatic carbocycles. The third-order valence-electron chi connectivity index (χ3n) is 2.45. The number of rotatable bonds is 2. The average Bonchev–Trinajstić information content (AvgIpc) is 2.36. The van der Waals surface area contributed by atoms with E-state index in [1.807, 2.05) is 0 Å². The Labute approximate surface area is 120 Å². The van der Waals surface area contributed by atoms with E-state index in [0.717, 1.165) is 18.2 Å². The molecule has 0 spiro atoms. The fourth-order valence-corrected chi connectivity index (χ4v) is 2.05. The Morgan fingerprint density at radius 2 is 1.68 bits per heavy atom. The smallest absolute Gasteiger partial charge is 0.197 e. The lowest BCUT2D eigenvalue weighted by molar-refractivity contribution is 0.103. The van der Waals surface area contributed by atoms with Crippen LogP contribution in [-0.4, -0.2) is 5.78 Å². The summed E-state index contributed by atoms with van der Waals surface area (Å²) in [5.74, 6) is -3.39. The molecule has 1 nitrogen and oxygen atoms in total. The van der Waals surface area contributed by atoms with Gasteiger partial charge in [0, 0.05) is 5.56 Å². The van der Waals surface area contributed by atoms with Gasteiger partial charge >= 0.3 is 0 Å². The fraction of sp³-hybridized carbons (Fsp3) is 0. The van der Waals surface area contributed by atoms with Crippen molar-refractivity contribution in [1.82, 2.24) is 0 Å². The summed E-state index contributed by atoms with van der Waals surface area (Å²) in [6.45, 7) is 0. The maximum absolute atomic E-state index is 13.6. The first-order chi connectivity index (χ1) is 8.91. The average molecular weight is 350 g/mol. The maximum atomic E-state index is 13.6. The van der Waals surface area contributed by atoms with Crippen LogP contribution in [-0.2, 0) is 0 Å². The molecule has 6 heteroatoms. The van der Waals surface area contributed by atoms with Crippen LogP contribution in [0.15, 0.2) is 34.8 Å². The van der Waals surface area contributed by atoms with E-state index < -0.39 is 33.8 Å². The molecule has 2 rings (SSSR count). The van der Waals surface area contributed by atoms with Crippen molar-refractivity contribution < 1.29 is 18.0 Å². The molecule has 0 N–H and O–H groups in total. The van der Waals surface area contributed by atoms with Crippen LogP contribution in [0.4, 0.5) is 13.2 Å². The molecule has 0 unspecified atom stereocenters. The molecule has 0 radical (unpaired) electrons. The minimum atomic E-state index is -0.918. The molecule has 0 amide bonds. The Morgan fingerprint density at radius 3 is 2.37 bits per heavy atom. The summed E-state index contributed by atoms with van der Waals surface area (Å²) >= 11 is 8.44. The van der Waals surface area contributed by atoms with Gasteiger partial charge in [-0.2, -0.15) is 0 Å². The molecule has 0 heterocycles. The highest BCUT2D eigenvalue weighted by Crippen LogP contribution is 2.26. The second-order valence-corrected chi connectivity index (χ2v) is 4.91. The Morgan fingerprint density at radius 1 is 1.00 bits per heavy atom. The van der Waals surface area contributed by atoms with E-state index in [9.17, 15) is 18.0 Å². The summed E-state index contributed by atoms with van der Waals surface area (Å²) in [6, 6.07) is 5.14. The van der Waals surface area contributed by atoms with Crippen molar-refractivity contribution in [3.63, 3.8) is 0 Å². The van der Waals surface area contributed by atoms with Crippen molar-refractivity contribution in [3.8, 4) is 0 Å². The van der Waals surface area contributed by atoms with Crippen molar-refractivity contribution in [2.45, 2.75) is 0 Å². The topological polar surface area (TPSA) is 17.1 Å². The lowest BCUT2D eigenvalue weighted by Gasteiger charge is -2.06. The second-order valence-electron chi connectivity index (χ2n) is 3.68. The van der Waals surface area contributed by atoms with Gasteiger partial charge in [-0.25, -0.2) is 13.2 Å². The standard InChI is InChI=1S/C13H5BrClF3O/c14-8-5-10(17)7(4-11(8)18)13(19)6-2-1-3-9(16)12(6)15/h1-5H. The molecule has 19 heavy (non-hydrogen) atoms. The summed E-state index contributed by atoms with van der Waals surface area (Å²) in [6.07, 6.45) is 0. The summed E-state index contributed by atoms with van der Waals surface area (Å²) in [7, 11) is 0. The molecule has 0 atom stereocenters. The molecule has 2 aromatic carbocycles. The van der Waals surface area contributed by atoms with E-state index in [2.05, 4.69) is 15.9 Å². The molecular formula is C13H5BrClF3O. The van der Waals surface area contributed by atoms with E-state index in [1.54, 1.807) is 0 Å². The molecule has 0 bridgehead atoms. The molecule has 98 valence electrons. The van der Waals surface area contributed by atoms with Gasteiger partial charge in [-0.1, -0.05) is 17.7 Å².